The van der Waals surface area contributed by atoms with Crippen LogP contribution in [-0.4, -0.2) is 49.3 Å². The minimum Gasteiger partial charge on any atom is -0.382 e. The average Bonchev–Trinajstić information content (AvgIpc) is 2.65. The van der Waals surface area contributed by atoms with Crippen LogP contribution in [0.5, 0.6) is 0 Å². The fraction of sp³-hybridized carbons (Fsp3) is 0.786. The van der Waals surface area contributed by atoms with Gasteiger partial charge in [-0.25, -0.2) is 0 Å². The third-order valence-corrected chi connectivity index (χ3v) is 3.73. The minimum absolute atomic E-state index is 0.342. The molecule has 0 bridgehead atoms. The van der Waals surface area contributed by atoms with Gasteiger partial charge in [0.15, 0.2) is 0 Å². The number of halogens is 1. The lowest BCUT2D eigenvalue weighted by atomic mass is 10.1. The van der Waals surface area contributed by atoms with Gasteiger partial charge in [0.05, 0.1) is 29.6 Å². The molecule has 1 aromatic rings. The summed E-state index contributed by atoms with van der Waals surface area (Å²) in [5.74, 6) is 0. The van der Waals surface area contributed by atoms with Gasteiger partial charge in [-0.05, 0) is 19.9 Å². The van der Waals surface area contributed by atoms with Gasteiger partial charge in [0.1, 0.15) is 0 Å². The molecule has 6 heteroatoms. The van der Waals surface area contributed by atoms with Gasteiger partial charge in [-0.2, -0.15) is 5.10 Å². The molecule has 0 amide bonds. The second kappa shape index (κ2) is 9.34. The Bertz CT molecular complexity index is 396. The molecule has 20 heavy (non-hydrogen) atoms. The molecule has 1 atom stereocenters. The van der Waals surface area contributed by atoms with Crippen molar-refractivity contribution in [3.05, 3.63) is 16.4 Å². The maximum Gasteiger partial charge on any atom is 0.0847 e. The molecule has 0 aliphatic rings. The molecular weight excluding hydrogens is 278 g/mol. The summed E-state index contributed by atoms with van der Waals surface area (Å²) in [6.07, 6.45) is 1.80. The Labute approximate surface area is 126 Å². The summed E-state index contributed by atoms with van der Waals surface area (Å²) < 4.78 is 12.4. The normalized spacial score (nSPS) is 12.8. The maximum atomic E-state index is 6.30. The van der Waals surface area contributed by atoms with Crippen LogP contribution in [0.25, 0.3) is 0 Å². The molecule has 1 heterocycles. The molecule has 1 unspecified atom stereocenters. The van der Waals surface area contributed by atoms with Crippen molar-refractivity contribution in [2.45, 2.75) is 32.7 Å². The SMILES string of the molecule is CCNC(CCOCCOC)Cc1c(Cl)c(C)nn1C. The van der Waals surface area contributed by atoms with Crippen molar-refractivity contribution in [1.82, 2.24) is 15.1 Å². The second-order valence-electron chi connectivity index (χ2n) is 4.82. The van der Waals surface area contributed by atoms with E-state index in [-0.39, 0.29) is 0 Å². The first-order chi connectivity index (χ1) is 9.60. The van der Waals surface area contributed by atoms with E-state index in [0.717, 1.165) is 42.4 Å². The van der Waals surface area contributed by atoms with Crippen molar-refractivity contribution < 1.29 is 9.47 Å². The maximum absolute atomic E-state index is 6.30. The van der Waals surface area contributed by atoms with E-state index in [0.29, 0.717) is 19.3 Å². The summed E-state index contributed by atoms with van der Waals surface area (Å²) in [6.45, 7) is 6.96. The topological polar surface area (TPSA) is 48.3 Å². The van der Waals surface area contributed by atoms with Gasteiger partial charge >= 0.3 is 0 Å². The van der Waals surface area contributed by atoms with Crippen molar-refractivity contribution >= 4 is 11.6 Å². The van der Waals surface area contributed by atoms with Crippen molar-refractivity contribution in [1.29, 1.82) is 0 Å². The van der Waals surface area contributed by atoms with E-state index in [2.05, 4.69) is 17.3 Å². The van der Waals surface area contributed by atoms with Crippen molar-refractivity contribution in [2.24, 2.45) is 7.05 Å². The monoisotopic (exact) mass is 303 g/mol. The second-order valence-corrected chi connectivity index (χ2v) is 5.20. The molecule has 5 nitrogen and oxygen atoms in total. The average molecular weight is 304 g/mol. The van der Waals surface area contributed by atoms with Crippen LogP contribution >= 0.6 is 11.6 Å². The minimum atomic E-state index is 0.342. The number of methoxy groups -OCH3 is 1. The molecule has 1 rings (SSSR count). The number of aromatic nitrogens is 2. The number of ether oxygens (including phenoxy) is 2. The Hall–Kier alpha value is -0.620. The van der Waals surface area contributed by atoms with Gasteiger partial charge in [0.25, 0.3) is 0 Å². The molecule has 0 aliphatic carbocycles. The lowest BCUT2D eigenvalue weighted by Crippen LogP contribution is -2.33. The highest BCUT2D eigenvalue weighted by atomic mass is 35.5. The summed E-state index contributed by atoms with van der Waals surface area (Å²) in [6, 6.07) is 0.342. The highest BCUT2D eigenvalue weighted by Gasteiger charge is 2.16. The molecule has 1 N–H and O–H groups in total. The van der Waals surface area contributed by atoms with Crippen LogP contribution in [0.15, 0.2) is 0 Å². The van der Waals surface area contributed by atoms with Crippen molar-refractivity contribution in [3.8, 4) is 0 Å². The van der Waals surface area contributed by atoms with Crippen molar-refractivity contribution in [2.75, 3.05) is 33.5 Å². The van der Waals surface area contributed by atoms with Crippen LogP contribution in [0, 0.1) is 6.92 Å². The molecule has 0 radical (unpaired) electrons. The van der Waals surface area contributed by atoms with E-state index in [4.69, 9.17) is 21.1 Å². The van der Waals surface area contributed by atoms with E-state index in [9.17, 15) is 0 Å². The zero-order valence-electron chi connectivity index (χ0n) is 12.9. The number of nitrogens with one attached hydrogen (secondary N) is 1. The third kappa shape index (κ3) is 5.40. The lowest BCUT2D eigenvalue weighted by molar-refractivity contribution is 0.0658. The Morgan fingerprint density at radius 1 is 1.35 bits per heavy atom. The van der Waals surface area contributed by atoms with E-state index in [1.807, 2.05) is 18.7 Å². The molecule has 116 valence electrons. The number of rotatable bonds is 10. The highest BCUT2D eigenvalue weighted by Crippen LogP contribution is 2.21. The Kier molecular flexibility index (Phi) is 8.14. The van der Waals surface area contributed by atoms with Gasteiger partial charge in [-0.3, -0.25) is 4.68 Å². The van der Waals surface area contributed by atoms with Gasteiger partial charge in [0, 0.05) is 33.2 Å². The summed E-state index contributed by atoms with van der Waals surface area (Å²) in [5, 5.41) is 8.60. The van der Waals surface area contributed by atoms with Crippen LogP contribution in [-0.2, 0) is 22.9 Å². The van der Waals surface area contributed by atoms with Gasteiger partial charge in [-0.15, -0.1) is 0 Å². The molecule has 0 saturated heterocycles. The molecule has 0 spiro atoms. The number of hydrogen-bond donors (Lipinski definition) is 1. The largest absolute Gasteiger partial charge is 0.382 e. The quantitative estimate of drug-likeness (QED) is 0.671. The first-order valence-corrected chi connectivity index (χ1v) is 7.46. The zero-order chi connectivity index (χ0) is 15.0. The summed E-state index contributed by atoms with van der Waals surface area (Å²) >= 11 is 6.30. The van der Waals surface area contributed by atoms with Crippen LogP contribution in [0.1, 0.15) is 24.7 Å². The molecular formula is C14H26ClN3O2. The standard InChI is InChI=1S/C14H26ClN3O2/c1-5-16-12(6-7-20-9-8-19-4)10-13-14(15)11(2)17-18(13)3/h12,16H,5-10H2,1-4H3. The number of likely N-dealkylation sites (N-methyl/N-ethyl adjacent to an activating group) is 1. The Morgan fingerprint density at radius 3 is 2.65 bits per heavy atom. The fourth-order valence-corrected chi connectivity index (χ4v) is 2.41. The molecule has 0 aliphatic heterocycles. The number of hydrogen-bond acceptors (Lipinski definition) is 4. The number of aryl methyl sites for hydroxylation is 2. The number of nitrogens with zero attached hydrogens (tertiary/aromatic N) is 2. The first kappa shape index (κ1) is 17.4. The first-order valence-electron chi connectivity index (χ1n) is 7.08. The Balaban J connectivity index is 2.49. The van der Waals surface area contributed by atoms with Gasteiger partial charge in [0.2, 0.25) is 0 Å². The third-order valence-electron chi connectivity index (χ3n) is 3.24. The lowest BCUT2D eigenvalue weighted by Gasteiger charge is -2.18. The van der Waals surface area contributed by atoms with E-state index in [1.54, 1.807) is 7.11 Å². The van der Waals surface area contributed by atoms with Gasteiger partial charge in [-0.1, -0.05) is 18.5 Å². The van der Waals surface area contributed by atoms with Crippen LogP contribution in [0.4, 0.5) is 0 Å². The smallest absolute Gasteiger partial charge is 0.0847 e. The molecule has 0 fully saturated rings. The summed E-state index contributed by atoms with van der Waals surface area (Å²) in [7, 11) is 3.61. The predicted octanol–water partition coefficient (Wildman–Crippen LogP) is 1.96. The van der Waals surface area contributed by atoms with Crippen molar-refractivity contribution in [3.63, 3.8) is 0 Å². The van der Waals surface area contributed by atoms with Crippen LogP contribution in [0.2, 0.25) is 5.02 Å². The van der Waals surface area contributed by atoms with E-state index in [1.165, 1.54) is 0 Å². The Morgan fingerprint density at radius 2 is 2.10 bits per heavy atom. The highest BCUT2D eigenvalue weighted by molar-refractivity contribution is 6.31. The molecule has 0 aromatic carbocycles. The van der Waals surface area contributed by atoms with Gasteiger partial charge < -0.3 is 14.8 Å². The van der Waals surface area contributed by atoms with E-state index < -0.39 is 0 Å². The molecule has 1 aromatic heterocycles. The fourth-order valence-electron chi connectivity index (χ4n) is 2.17. The summed E-state index contributed by atoms with van der Waals surface area (Å²) in [4.78, 5) is 0. The van der Waals surface area contributed by atoms with Crippen LogP contribution in [0.3, 0.4) is 0 Å². The zero-order valence-corrected chi connectivity index (χ0v) is 13.7. The predicted molar refractivity (Wildman–Crippen MR) is 81.4 cm³/mol. The molecule has 0 saturated carbocycles. The summed E-state index contributed by atoms with van der Waals surface area (Å²) in [5.41, 5.74) is 1.96. The van der Waals surface area contributed by atoms with Crippen LogP contribution < -0.4 is 5.32 Å². The van der Waals surface area contributed by atoms with E-state index >= 15 is 0 Å².